The minimum absolute atomic E-state index is 0.0462. The summed E-state index contributed by atoms with van der Waals surface area (Å²) in [7, 11) is 0. The smallest absolute Gasteiger partial charge is 0.138 e. The summed E-state index contributed by atoms with van der Waals surface area (Å²) in [4.78, 5) is 15.1. The number of aromatic nitrogens is 1. The Morgan fingerprint density at radius 3 is 3.06 bits per heavy atom. The second kappa shape index (κ2) is 3.88. The number of Topliss-reactive ketones (excluding diaryl/α,β-unsaturated/α-hetero) is 1. The molecule has 17 heavy (non-hydrogen) atoms. The molecular formula is C14H14ClNO. The van der Waals surface area contributed by atoms with Crippen LogP contribution < -0.4 is 0 Å². The maximum Gasteiger partial charge on any atom is 0.138 e. The van der Waals surface area contributed by atoms with Crippen LogP contribution in [0.5, 0.6) is 0 Å². The molecule has 1 aromatic heterocycles. The molecule has 1 heterocycles. The third-order valence-electron chi connectivity index (χ3n) is 3.66. The van der Waals surface area contributed by atoms with Crippen molar-refractivity contribution in [2.24, 2.45) is 0 Å². The summed E-state index contributed by atoms with van der Waals surface area (Å²) in [6.07, 6.45) is 3.08. The number of rotatable bonds is 1. The summed E-state index contributed by atoms with van der Waals surface area (Å²) in [5.41, 5.74) is 3.49. The van der Waals surface area contributed by atoms with Crippen LogP contribution in [0.1, 0.15) is 36.9 Å². The Balaban J connectivity index is 2.25. The lowest BCUT2D eigenvalue weighted by Gasteiger charge is -2.20. The van der Waals surface area contributed by atoms with Gasteiger partial charge in [0.15, 0.2) is 0 Å². The van der Waals surface area contributed by atoms with Crippen molar-refractivity contribution in [2.75, 3.05) is 0 Å². The lowest BCUT2D eigenvalue weighted by atomic mass is 9.85. The van der Waals surface area contributed by atoms with Crippen LogP contribution in [0.2, 0.25) is 5.02 Å². The van der Waals surface area contributed by atoms with Gasteiger partial charge in [0.25, 0.3) is 0 Å². The van der Waals surface area contributed by atoms with E-state index in [4.69, 9.17) is 11.6 Å². The van der Waals surface area contributed by atoms with E-state index >= 15 is 0 Å². The average Bonchev–Trinajstić information content (AvgIpc) is 2.66. The Labute approximate surface area is 105 Å². The summed E-state index contributed by atoms with van der Waals surface area (Å²) >= 11 is 6.04. The van der Waals surface area contributed by atoms with Gasteiger partial charge in [-0.2, -0.15) is 0 Å². The van der Waals surface area contributed by atoms with E-state index in [0.717, 1.165) is 35.5 Å². The Hall–Kier alpha value is -1.28. The van der Waals surface area contributed by atoms with Gasteiger partial charge in [-0.15, -0.1) is 0 Å². The molecule has 0 aliphatic heterocycles. The second-order valence-corrected chi connectivity index (χ2v) is 5.20. The number of halogens is 1. The van der Waals surface area contributed by atoms with Crippen LogP contribution >= 0.6 is 11.6 Å². The van der Waals surface area contributed by atoms with E-state index in [1.807, 2.05) is 18.2 Å². The predicted molar refractivity (Wildman–Crippen MR) is 69.7 cm³/mol. The van der Waals surface area contributed by atoms with E-state index < -0.39 is 0 Å². The van der Waals surface area contributed by atoms with Gasteiger partial charge in [-0.05, 0) is 49.9 Å². The number of benzene rings is 1. The summed E-state index contributed by atoms with van der Waals surface area (Å²) in [6, 6.07) is 5.87. The van der Waals surface area contributed by atoms with E-state index in [0.29, 0.717) is 0 Å². The Kier molecular flexibility index (Phi) is 2.48. The molecule has 88 valence electrons. The van der Waals surface area contributed by atoms with Gasteiger partial charge in [-0.25, -0.2) is 0 Å². The maximum atomic E-state index is 11.7. The molecule has 1 aromatic carbocycles. The largest absolute Gasteiger partial charge is 0.358 e. The number of aromatic amines is 1. The van der Waals surface area contributed by atoms with Crippen LogP contribution in [0.15, 0.2) is 18.2 Å². The Morgan fingerprint density at radius 2 is 2.29 bits per heavy atom. The normalized spacial score (nSPS) is 19.3. The van der Waals surface area contributed by atoms with Crippen molar-refractivity contribution in [1.82, 2.24) is 4.98 Å². The monoisotopic (exact) mass is 247 g/mol. The van der Waals surface area contributed by atoms with Gasteiger partial charge in [0.05, 0.1) is 5.92 Å². The van der Waals surface area contributed by atoms with Crippen molar-refractivity contribution in [3.05, 3.63) is 34.5 Å². The standard InChI is InChI=1S/C14H14ClNO/c1-8(17)10-3-2-4-11-12-7-9(15)5-6-13(12)16-14(10)11/h5-7,10,16H,2-4H2,1H3. The number of aryl methyl sites for hydroxylation is 1. The fourth-order valence-corrected chi connectivity index (χ4v) is 3.01. The topological polar surface area (TPSA) is 32.9 Å². The maximum absolute atomic E-state index is 11.7. The fourth-order valence-electron chi connectivity index (χ4n) is 2.84. The van der Waals surface area contributed by atoms with E-state index in [-0.39, 0.29) is 11.7 Å². The minimum atomic E-state index is 0.0462. The number of hydrogen-bond donors (Lipinski definition) is 1. The number of carbonyl (C=O) groups is 1. The molecule has 0 radical (unpaired) electrons. The summed E-state index contributed by atoms with van der Waals surface area (Å²) < 4.78 is 0. The zero-order chi connectivity index (χ0) is 12.0. The van der Waals surface area contributed by atoms with Crippen molar-refractivity contribution in [1.29, 1.82) is 0 Å². The second-order valence-electron chi connectivity index (χ2n) is 4.76. The third kappa shape index (κ3) is 1.67. The molecule has 0 amide bonds. The van der Waals surface area contributed by atoms with Crippen LogP contribution in [-0.4, -0.2) is 10.8 Å². The number of H-pyrrole nitrogens is 1. The van der Waals surface area contributed by atoms with Gasteiger partial charge in [0.1, 0.15) is 5.78 Å². The lowest BCUT2D eigenvalue weighted by molar-refractivity contribution is -0.118. The van der Waals surface area contributed by atoms with Gasteiger partial charge in [0.2, 0.25) is 0 Å². The van der Waals surface area contributed by atoms with Gasteiger partial charge in [0, 0.05) is 21.6 Å². The highest BCUT2D eigenvalue weighted by Crippen LogP contribution is 2.37. The van der Waals surface area contributed by atoms with Crippen LogP contribution in [0.3, 0.4) is 0 Å². The summed E-state index contributed by atoms with van der Waals surface area (Å²) in [5, 5.41) is 1.93. The van der Waals surface area contributed by atoms with Gasteiger partial charge < -0.3 is 4.98 Å². The molecule has 1 unspecified atom stereocenters. The van der Waals surface area contributed by atoms with Gasteiger partial charge in [-0.1, -0.05) is 11.6 Å². The number of fused-ring (bicyclic) bond motifs is 3. The van der Waals surface area contributed by atoms with Crippen molar-refractivity contribution in [3.8, 4) is 0 Å². The molecule has 3 rings (SSSR count). The molecule has 1 aliphatic rings. The van der Waals surface area contributed by atoms with E-state index in [1.165, 1.54) is 10.9 Å². The van der Waals surface area contributed by atoms with Crippen LogP contribution in [0.25, 0.3) is 10.9 Å². The SMILES string of the molecule is CC(=O)C1CCCc2c1[nH]c1ccc(Cl)cc21. The highest BCUT2D eigenvalue weighted by atomic mass is 35.5. The summed E-state index contributed by atoms with van der Waals surface area (Å²) in [6.45, 7) is 1.68. The number of carbonyl (C=O) groups excluding carboxylic acids is 1. The molecule has 1 atom stereocenters. The van der Waals surface area contributed by atoms with E-state index in [1.54, 1.807) is 6.92 Å². The molecule has 0 saturated heterocycles. The molecule has 0 saturated carbocycles. The lowest BCUT2D eigenvalue weighted by Crippen LogP contribution is -2.15. The van der Waals surface area contributed by atoms with E-state index in [9.17, 15) is 4.79 Å². The Bertz CT molecular complexity index is 600. The quantitative estimate of drug-likeness (QED) is 0.816. The van der Waals surface area contributed by atoms with Crippen LogP contribution in [0, 0.1) is 0 Å². The number of nitrogens with one attached hydrogen (secondary N) is 1. The zero-order valence-corrected chi connectivity index (χ0v) is 10.5. The molecular weight excluding hydrogens is 234 g/mol. The molecule has 0 spiro atoms. The minimum Gasteiger partial charge on any atom is -0.358 e. The molecule has 1 N–H and O–H groups in total. The highest BCUT2D eigenvalue weighted by molar-refractivity contribution is 6.31. The zero-order valence-electron chi connectivity index (χ0n) is 9.72. The van der Waals surface area contributed by atoms with Crippen LogP contribution in [-0.2, 0) is 11.2 Å². The van der Waals surface area contributed by atoms with Gasteiger partial charge in [-0.3, -0.25) is 4.79 Å². The van der Waals surface area contributed by atoms with Crippen molar-refractivity contribution in [2.45, 2.75) is 32.1 Å². The number of hydrogen-bond acceptors (Lipinski definition) is 1. The first-order valence-electron chi connectivity index (χ1n) is 5.97. The molecule has 0 fully saturated rings. The van der Waals surface area contributed by atoms with Crippen molar-refractivity contribution in [3.63, 3.8) is 0 Å². The van der Waals surface area contributed by atoms with Gasteiger partial charge >= 0.3 is 0 Å². The molecule has 3 heteroatoms. The molecule has 0 bridgehead atoms. The predicted octanol–water partition coefficient (Wildman–Crippen LogP) is 3.83. The Morgan fingerprint density at radius 1 is 1.47 bits per heavy atom. The van der Waals surface area contributed by atoms with E-state index in [2.05, 4.69) is 4.98 Å². The number of ketones is 1. The molecule has 2 nitrogen and oxygen atoms in total. The third-order valence-corrected chi connectivity index (χ3v) is 3.90. The highest BCUT2D eigenvalue weighted by Gasteiger charge is 2.27. The summed E-state index contributed by atoms with van der Waals surface area (Å²) in [5.74, 6) is 0.300. The fraction of sp³-hybridized carbons (Fsp3) is 0.357. The molecule has 2 aromatic rings. The average molecular weight is 248 g/mol. The molecule has 1 aliphatic carbocycles. The van der Waals surface area contributed by atoms with Crippen molar-refractivity contribution < 1.29 is 4.79 Å². The van der Waals surface area contributed by atoms with Crippen LogP contribution in [0.4, 0.5) is 0 Å². The van der Waals surface area contributed by atoms with Crippen molar-refractivity contribution >= 4 is 28.3 Å². The first-order chi connectivity index (χ1) is 8.16. The first-order valence-corrected chi connectivity index (χ1v) is 6.35. The first kappa shape index (κ1) is 10.8.